The van der Waals surface area contributed by atoms with Gasteiger partial charge >= 0.3 is 12.1 Å². The molecule has 1 aromatic rings. The maximum Gasteiger partial charge on any atom is 0.416 e. The van der Waals surface area contributed by atoms with Crippen LogP contribution in [0.15, 0.2) is 30.0 Å². The van der Waals surface area contributed by atoms with Crippen LogP contribution in [0.2, 0.25) is 0 Å². The molecule has 0 N–H and O–H groups in total. The average Bonchev–Trinajstić information content (AvgIpc) is 2.34. The van der Waals surface area contributed by atoms with E-state index < -0.39 is 17.7 Å². The Morgan fingerprint density at radius 2 is 1.67 bits per heavy atom. The first-order chi connectivity index (χ1) is 8.38. The highest BCUT2D eigenvalue weighted by Gasteiger charge is 2.29. The highest BCUT2D eigenvalue weighted by molar-refractivity contribution is 5.91. The van der Waals surface area contributed by atoms with Crippen molar-refractivity contribution in [3.63, 3.8) is 0 Å². The van der Waals surface area contributed by atoms with Gasteiger partial charge in [-0.3, -0.25) is 0 Å². The molecule has 0 spiro atoms. The summed E-state index contributed by atoms with van der Waals surface area (Å²) < 4.78 is 46.2. The Bertz CT molecular complexity index is 447. The van der Waals surface area contributed by atoms with Gasteiger partial charge in [-0.1, -0.05) is 12.1 Å². The molecule has 0 fully saturated rings. The second-order valence-electron chi connectivity index (χ2n) is 3.32. The molecule has 0 aliphatic heterocycles. The number of methoxy groups -OCH3 is 2. The molecule has 0 amide bonds. The molecule has 0 aliphatic rings. The second-order valence-corrected chi connectivity index (χ2v) is 3.32. The highest BCUT2D eigenvalue weighted by atomic mass is 19.4. The fraction of sp³-hybridized carbons (Fsp3) is 0.250. The summed E-state index contributed by atoms with van der Waals surface area (Å²) in [6.07, 6.45) is -3.08. The summed E-state index contributed by atoms with van der Waals surface area (Å²) in [4.78, 5) is 11.2. The molecule has 0 heterocycles. The smallest absolute Gasteiger partial charge is 0.416 e. The number of hydrogen-bond donors (Lipinski definition) is 0. The summed E-state index contributed by atoms with van der Waals surface area (Å²) in [7, 11) is 2.45. The van der Waals surface area contributed by atoms with Gasteiger partial charge in [0, 0.05) is 0 Å². The zero-order chi connectivity index (χ0) is 13.8. The lowest BCUT2D eigenvalue weighted by atomic mass is 10.1. The van der Waals surface area contributed by atoms with Gasteiger partial charge in [-0.05, 0) is 23.8 Å². The van der Waals surface area contributed by atoms with Gasteiger partial charge in [-0.25, -0.2) is 4.79 Å². The van der Waals surface area contributed by atoms with E-state index in [9.17, 15) is 18.0 Å². The Kier molecular flexibility index (Phi) is 4.36. The molecule has 0 saturated heterocycles. The van der Waals surface area contributed by atoms with Gasteiger partial charge in [0.25, 0.3) is 0 Å². The molecule has 1 aromatic carbocycles. The molecular formula is C12H11F3O3. The molecule has 0 saturated carbocycles. The van der Waals surface area contributed by atoms with Gasteiger partial charge in [0.05, 0.1) is 19.8 Å². The summed E-state index contributed by atoms with van der Waals surface area (Å²) in [6, 6.07) is 4.34. The number of carbonyl (C=O) groups excluding carboxylic acids is 1. The van der Waals surface area contributed by atoms with E-state index in [2.05, 4.69) is 4.74 Å². The van der Waals surface area contributed by atoms with Crippen LogP contribution in [0.25, 0.3) is 6.08 Å². The van der Waals surface area contributed by atoms with Crippen molar-refractivity contribution < 1.29 is 27.4 Å². The topological polar surface area (TPSA) is 35.5 Å². The Morgan fingerprint density at radius 3 is 2.06 bits per heavy atom. The van der Waals surface area contributed by atoms with Crippen molar-refractivity contribution in [3.8, 4) is 0 Å². The molecule has 0 aromatic heterocycles. The van der Waals surface area contributed by atoms with Gasteiger partial charge in [0.1, 0.15) is 0 Å². The average molecular weight is 260 g/mol. The molecule has 0 aliphatic carbocycles. The van der Waals surface area contributed by atoms with Crippen molar-refractivity contribution in [2.45, 2.75) is 6.18 Å². The zero-order valence-corrected chi connectivity index (χ0v) is 9.75. The largest absolute Gasteiger partial charge is 0.490 e. The Morgan fingerprint density at radius 1 is 1.11 bits per heavy atom. The summed E-state index contributed by atoms with van der Waals surface area (Å²) in [5, 5.41) is 0. The fourth-order valence-electron chi connectivity index (χ4n) is 1.22. The van der Waals surface area contributed by atoms with Crippen molar-refractivity contribution in [1.82, 2.24) is 0 Å². The molecule has 0 atom stereocenters. The first kappa shape index (κ1) is 14.1. The predicted octanol–water partition coefficient (Wildman–Crippen LogP) is 2.87. The minimum absolute atomic E-state index is 0.0859. The lowest BCUT2D eigenvalue weighted by Gasteiger charge is -2.07. The third kappa shape index (κ3) is 3.51. The monoisotopic (exact) mass is 260 g/mol. The lowest BCUT2D eigenvalue weighted by molar-refractivity contribution is -0.139. The molecule has 3 nitrogen and oxygen atoms in total. The first-order valence-electron chi connectivity index (χ1n) is 4.89. The molecule has 0 bridgehead atoms. The van der Waals surface area contributed by atoms with Crippen LogP contribution in [0.1, 0.15) is 11.1 Å². The second kappa shape index (κ2) is 5.57. The number of halogens is 3. The maximum absolute atomic E-state index is 12.3. The van der Waals surface area contributed by atoms with E-state index in [1.54, 1.807) is 0 Å². The Hall–Kier alpha value is -1.98. The SMILES string of the molecule is COC(=O)/C(=C/c1ccc(C(F)(F)F)cc1)OC. The fourth-order valence-corrected chi connectivity index (χ4v) is 1.22. The number of rotatable bonds is 3. The number of benzene rings is 1. The van der Waals surface area contributed by atoms with Crippen molar-refractivity contribution in [3.05, 3.63) is 41.2 Å². The Labute approximate surface area is 102 Å². The van der Waals surface area contributed by atoms with Gasteiger partial charge in [0.15, 0.2) is 0 Å². The Balaban J connectivity index is 2.98. The van der Waals surface area contributed by atoms with E-state index in [1.807, 2.05) is 0 Å². The van der Waals surface area contributed by atoms with Crippen LogP contribution in [0.5, 0.6) is 0 Å². The van der Waals surface area contributed by atoms with Gasteiger partial charge in [-0.2, -0.15) is 13.2 Å². The third-order valence-corrected chi connectivity index (χ3v) is 2.14. The molecule has 18 heavy (non-hydrogen) atoms. The van der Waals surface area contributed by atoms with E-state index in [0.717, 1.165) is 12.1 Å². The van der Waals surface area contributed by atoms with E-state index in [-0.39, 0.29) is 5.76 Å². The molecule has 0 unspecified atom stereocenters. The predicted molar refractivity (Wildman–Crippen MR) is 58.4 cm³/mol. The molecular weight excluding hydrogens is 249 g/mol. The zero-order valence-electron chi connectivity index (χ0n) is 9.75. The van der Waals surface area contributed by atoms with Gasteiger partial charge < -0.3 is 9.47 Å². The van der Waals surface area contributed by atoms with E-state index in [0.29, 0.717) is 5.56 Å². The van der Waals surface area contributed by atoms with Gasteiger partial charge in [-0.15, -0.1) is 0 Å². The van der Waals surface area contributed by atoms with Crippen LogP contribution in [0, 0.1) is 0 Å². The number of ether oxygens (including phenoxy) is 2. The standard InChI is InChI=1S/C12H11F3O3/c1-17-10(11(16)18-2)7-8-3-5-9(6-4-8)12(13,14)15/h3-7H,1-2H3/b10-7-. The van der Waals surface area contributed by atoms with Crippen molar-refractivity contribution in [2.75, 3.05) is 14.2 Å². The van der Waals surface area contributed by atoms with Crippen molar-refractivity contribution >= 4 is 12.0 Å². The molecule has 6 heteroatoms. The highest BCUT2D eigenvalue weighted by Crippen LogP contribution is 2.29. The molecule has 0 radical (unpaired) electrons. The van der Waals surface area contributed by atoms with Crippen LogP contribution in [-0.2, 0) is 20.4 Å². The number of alkyl halides is 3. The van der Waals surface area contributed by atoms with E-state index in [1.165, 1.54) is 32.4 Å². The van der Waals surface area contributed by atoms with E-state index >= 15 is 0 Å². The number of hydrogen-bond acceptors (Lipinski definition) is 3. The number of carbonyl (C=O) groups is 1. The quantitative estimate of drug-likeness (QED) is 0.476. The van der Waals surface area contributed by atoms with Gasteiger partial charge in [0.2, 0.25) is 5.76 Å². The van der Waals surface area contributed by atoms with Crippen LogP contribution in [0.4, 0.5) is 13.2 Å². The summed E-state index contributed by atoms with van der Waals surface area (Å²) in [6.45, 7) is 0. The van der Waals surface area contributed by atoms with Crippen molar-refractivity contribution in [2.24, 2.45) is 0 Å². The van der Waals surface area contributed by atoms with Crippen LogP contribution in [-0.4, -0.2) is 20.2 Å². The molecule has 98 valence electrons. The van der Waals surface area contributed by atoms with Crippen molar-refractivity contribution in [1.29, 1.82) is 0 Å². The summed E-state index contributed by atoms with van der Waals surface area (Å²) in [5.41, 5.74) is -0.345. The third-order valence-electron chi connectivity index (χ3n) is 2.14. The summed E-state index contributed by atoms with van der Waals surface area (Å²) in [5.74, 6) is -0.783. The van der Waals surface area contributed by atoms with Crippen LogP contribution >= 0.6 is 0 Å². The normalized spacial score (nSPS) is 12.2. The number of esters is 1. The van der Waals surface area contributed by atoms with Crippen LogP contribution in [0.3, 0.4) is 0 Å². The van der Waals surface area contributed by atoms with Crippen LogP contribution < -0.4 is 0 Å². The minimum Gasteiger partial charge on any atom is -0.490 e. The van der Waals surface area contributed by atoms with E-state index in [4.69, 9.17) is 4.74 Å². The lowest BCUT2D eigenvalue weighted by Crippen LogP contribution is -2.06. The summed E-state index contributed by atoms with van der Waals surface area (Å²) >= 11 is 0. The molecule has 1 rings (SSSR count). The minimum atomic E-state index is -4.38. The maximum atomic E-state index is 12.3. The first-order valence-corrected chi connectivity index (χ1v) is 4.89.